The molecule has 2 atom stereocenters. The lowest BCUT2D eigenvalue weighted by Gasteiger charge is -2.50. The van der Waals surface area contributed by atoms with Crippen molar-refractivity contribution in [3.63, 3.8) is 0 Å². The summed E-state index contributed by atoms with van der Waals surface area (Å²) in [6, 6.07) is 5.99. The number of nitrogens with one attached hydrogen (secondary N) is 1. The van der Waals surface area contributed by atoms with Crippen LogP contribution in [0.5, 0.6) is 0 Å². The lowest BCUT2D eigenvalue weighted by Crippen LogP contribution is -2.71. The number of thioether (sulfide) groups is 1. The minimum absolute atomic E-state index is 0.163. The fourth-order valence-electron chi connectivity index (χ4n) is 3.54. The van der Waals surface area contributed by atoms with Crippen LogP contribution in [0, 0.1) is 0 Å². The van der Waals surface area contributed by atoms with Gasteiger partial charge in [0.15, 0.2) is 18.9 Å². The summed E-state index contributed by atoms with van der Waals surface area (Å²) in [6.45, 7) is 0.210. The molecule has 2 aliphatic rings. The third kappa shape index (κ3) is 4.19. The average molecular weight is 459 g/mol. The summed E-state index contributed by atoms with van der Waals surface area (Å²) in [5.41, 5.74) is 5.91. The monoisotopic (exact) mass is 458 g/mol. The first-order valence-electron chi connectivity index (χ1n) is 9.34. The Morgan fingerprint density at radius 2 is 2.00 bits per heavy atom. The normalized spacial score (nSPS) is 20.1. The van der Waals surface area contributed by atoms with Crippen LogP contribution in [0.1, 0.15) is 15.2 Å². The number of thiophene rings is 1. The third-order valence-corrected chi connectivity index (χ3v) is 7.24. The molecule has 4 heterocycles. The van der Waals surface area contributed by atoms with Gasteiger partial charge in [-0.3, -0.25) is 19.3 Å². The summed E-state index contributed by atoms with van der Waals surface area (Å²) in [7, 11) is 0. The molecule has 1 saturated heterocycles. The Labute approximate surface area is 185 Å². The average Bonchev–Trinajstić information content (AvgIpc) is 3.24. The van der Waals surface area contributed by atoms with Crippen LogP contribution in [0.25, 0.3) is 0 Å². The number of aliphatic carboxylic acids is 1. The minimum Gasteiger partial charge on any atom is -0.543 e. The molecule has 0 saturated carbocycles. The van der Waals surface area contributed by atoms with Crippen molar-refractivity contribution in [1.29, 1.82) is 0 Å². The number of primary amides is 1. The number of carbonyl (C=O) groups is 4. The van der Waals surface area contributed by atoms with Crippen LogP contribution in [0.2, 0.25) is 0 Å². The van der Waals surface area contributed by atoms with E-state index in [1.807, 2.05) is 17.5 Å². The topological polar surface area (TPSA) is 137 Å². The molecule has 160 valence electrons. The number of amides is 3. The molecule has 1 unspecified atom stereocenters. The highest BCUT2D eigenvalue weighted by Gasteiger charge is 2.53. The van der Waals surface area contributed by atoms with Crippen molar-refractivity contribution in [3.05, 3.63) is 63.7 Å². The van der Waals surface area contributed by atoms with Gasteiger partial charge in [-0.15, -0.1) is 23.1 Å². The van der Waals surface area contributed by atoms with E-state index in [9.17, 15) is 24.3 Å². The molecular weight excluding hydrogens is 440 g/mol. The standard InChI is InChI=1S/C20H18N4O5S2/c21-17(26)11-3-5-23(6-4-11)9-12-10-31-19-15(18(27)24(19)16(12)20(28)29)22-14(25)8-13-2-1-7-30-13/h1-7,15,19H,8-10H2,(H3-,21,22,25,26,28,29)/t15?,19-/m1/s1. The molecule has 0 bridgehead atoms. The summed E-state index contributed by atoms with van der Waals surface area (Å²) in [5.74, 6) is -2.39. The van der Waals surface area contributed by atoms with E-state index in [1.54, 1.807) is 17.0 Å². The number of nitrogens with two attached hydrogens (primary N) is 1. The van der Waals surface area contributed by atoms with Gasteiger partial charge in [-0.25, -0.2) is 4.57 Å². The van der Waals surface area contributed by atoms with Crippen LogP contribution in [-0.4, -0.2) is 45.8 Å². The van der Waals surface area contributed by atoms with Crippen molar-refractivity contribution < 1.29 is 28.9 Å². The number of hydrogen-bond donors (Lipinski definition) is 2. The molecule has 2 aromatic heterocycles. The molecule has 11 heteroatoms. The second kappa shape index (κ2) is 8.52. The number of nitrogens with zero attached hydrogens (tertiary/aromatic N) is 2. The lowest BCUT2D eigenvalue weighted by atomic mass is 10.0. The zero-order valence-electron chi connectivity index (χ0n) is 16.1. The Morgan fingerprint density at radius 3 is 2.61 bits per heavy atom. The highest BCUT2D eigenvalue weighted by Crippen LogP contribution is 2.40. The molecule has 1 fully saturated rings. The highest BCUT2D eigenvalue weighted by molar-refractivity contribution is 8.00. The number of hydrogen-bond acceptors (Lipinski definition) is 7. The van der Waals surface area contributed by atoms with Gasteiger partial charge in [-0.2, -0.15) is 0 Å². The van der Waals surface area contributed by atoms with E-state index in [0.717, 1.165) is 4.88 Å². The van der Waals surface area contributed by atoms with Gasteiger partial charge in [-0.1, -0.05) is 6.07 Å². The molecule has 2 aliphatic heterocycles. The quantitative estimate of drug-likeness (QED) is 0.394. The second-order valence-corrected chi connectivity index (χ2v) is 9.21. The number of carboxylic acid groups (broad SMARTS) is 1. The summed E-state index contributed by atoms with van der Waals surface area (Å²) < 4.78 is 1.69. The van der Waals surface area contributed by atoms with E-state index in [1.165, 1.54) is 40.1 Å². The number of pyridine rings is 1. The van der Waals surface area contributed by atoms with Gasteiger partial charge in [0, 0.05) is 28.3 Å². The maximum atomic E-state index is 12.7. The summed E-state index contributed by atoms with van der Waals surface area (Å²) >= 11 is 2.84. The van der Waals surface area contributed by atoms with Crippen LogP contribution in [-0.2, 0) is 27.3 Å². The van der Waals surface area contributed by atoms with Gasteiger partial charge >= 0.3 is 0 Å². The van der Waals surface area contributed by atoms with E-state index in [-0.39, 0.29) is 24.6 Å². The van der Waals surface area contributed by atoms with Crippen molar-refractivity contribution in [2.75, 3.05) is 5.75 Å². The summed E-state index contributed by atoms with van der Waals surface area (Å²) in [4.78, 5) is 50.1. The van der Waals surface area contributed by atoms with E-state index in [0.29, 0.717) is 16.9 Å². The Hall–Kier alpha value is -3.18. The highest BCUT2D eigenvalue weighted by atomic mass is 32.2. The number of carboxylic acids is 1. The maximum absolute atomic E-state index is 12.7. The van der Waals surface area contributed by atoms with E-state index in [4.69, 9.17) is 5.73 Å². The van der Waals surface area contributed by atoms with E-state index < -0.39 is 29.2 Å². The first kappa shape index (κ1) is 21.1. The van der Waals surface area contributed by atoms with Crippen molar-refractivity contribution >= 4 is 46.8 Å². The van der Waals surface area contributed by atoms with Crippen molar-refractivity contribution in [1.82, 2.24) is 10.2 Å². The minimum atomic E-state index is -1.44. The largest absolute Gasteiger partial charge is 0.543 e. The Kier molecular flexibility index (Phi) is 5.79. The second-order valence-electron chi connectivity index (χ2n) is 7.07. The van der Waals surface area contributed by atoms with Crippen molar-refractivity contribution in [2.45, 2.75) is 24.4 Å². The van der Waals surface area contributed by atoms with Crippen LogP contribution < -0.4 is 20.7 Å². The number of aromatic nitrogens is 1. The fourth-order valence-corrected chi connectivity index (χ4v) is 5.58. The molecule has 3 amide bonds. The fraction of sp³-hybridized carbons (Fsp3) is 0.250. The van der Waals surface area contributed by atoms with Gasteiger partial charge in [0.05, 0.1) is 23.7 Å². The van der Waals surface area contributed by atoms with Gasteiger partial charge in [0.1, 0.15) is 11.4 Å². The van der Waals surface area contributed by atoms with Gasteiger partial charge in [0.25, 0.3) is 5.91 Å². The van der Waals surface area contributed by atoms with Crippen molar-refractivity contribution in [3.8, 4) is 0 Å². The Morgan fingerprint density at radius 1 is 1.26 bits per heavy atom. The van der Waals surface area contributed by atoms with Crippen LogP contribution in [0.15, 0.2) is 53.3 Å². The molecule has 31 heavy (non-hydrogen) atoms. The molecular formula is C20H18N4O5S2. The van der Waals surface area contributed by atoms with E-state index >= 15 is 0 Å². The van der Waals surface area contributed by atoms with E-state index in [2.05, 4.69) is 5.32 Å². The Bertz CT molecular complexity index is 1080. The number of fused-ring (bicyclic) bond motifs is 1. The molecule has 0 radical (unpaired) electrons. The molecule has 3 N–H and O–H groups in total. The first-order valence-corrected chi connectivity index (χ1v) is 11.3. The molecule has 2 aromatic rings. The Balaban J connectivity index is 1.48. The lowest BCUT2D eigenvalue weighted by molar-refractivity contribution is -0.689. The predicted octanol–water partition coefficient (Wildman–Crippen LogP) is -1.22. The van der Waals surface area contributed by atoms with Crippen LogP contribution >= 0.6 is 23.1 Å². The zero-order valence-corrected chi connectivity index (χ0v) is 17.8. The van der Waals surface area contributed by atoms with Crippen LogP contribution in [0.4, 0.5) is 0 Å². The SMILES string of the molecule is NC(=O)c1cc[n+](CC2=C(C(=O)[O-])N3C(=O)C(NC(=O)Cc4cccs4)[C@H]3SC2)cc1. The predicted molar refractivity (Wildman–Crippen MR) is 110 cm³/mol. The van der Waals surface area contributed by atoms with Crippen molar-refractivity contribution in [2.24, 2.45) is 5.73 Å². The zero-order chi connectivity index (χ0) is 22.1. The molecule has 0 aromatic carbocycles. The van der Waals surface area contributed by atoms with Gasteiger partial charge in [-0.05, 0) is 11.4 Å². The van der Waals surface area contributed by atoms with Gasteiger partial charge < -0.3 is 21.0 Å². The molecule has 0 aliphatic carbocycles. The number of carbonyl (C=O) groups excluding carboxylic acids is 4. The smallest absolute Gasteiger partial charge is 0.253 e. The first-order chi connectivity index (χ1) is 14.8. The molecule has 4 rings (SSSR count). The summed E-state index contributed by atoms with van der Waals surface area (Å²) in [6.07, 6.45) is 3.40. The molecule has 0 spiro atoms. The number of β-lactam (4-membered cyclic amide) rings is 1. The summed E-state index contributed by atoms with van der Waals surface area (Å²) in [5, 5.41) is 15.9. The van der Waals surface area contributed by atoms with Gasteiger partial charge in [0.2, 0.25) is 11.8 Å². The third-order valence-electron chi connectivity index (χ3n) is 5.02. The van der Waals surface area contributed by atoms with Crippen LogP contribution in [0.3, 0.4) is 0 Å². The number of rotatable bonds is 7. The maximum Gasteiger partial charge on any atom is 0.253 e. The molecule has 9 nitrogen and oxygen atoms in total.